The van der Waals surface area contributed by atoms with E-state index in [1.54, 1.807) is 7.05 Å². The second-order valence-corrected chi connectivity index (χ2v) is 12.5. The molecule has 0 spiro atoms. The van der Waals surface area contributed by atoms with Crippen LogP contribution in [0.5, 0.6) is 0 Å². The molecule has 10 heteroatoms. The highest BCUT2D eigenvalue weighted by Gasteiger charge is 2.25. The first-order valence-electron chi connectivity index (χ1n) is 15.7. The van der Waals surface area contributed by atoms with Gasteiger partial charge in [0.1, 0.15) is 0 Å². The van der Waals surface area contributed by atoms with Crippen LogP contribution in [-0.2, 0) is 9.59 Å². The summed E-state index contributed by atoms with van der Waals surface area (Å²) in [6.45, 7) is 18.7. The molecule has 10 nitrogen and oxygen atoms in total. The molecule has 4 heterocycles. The van der Waals surface area contributed by atoms with Crippen LogP contribution in [0.3, 0.4) is 0 Å². The molecule has 0 bridgehead atoms. The van der Waals surface area contributed by atoms with Crippen LogP contribution < -0.4 is 10.6 Å². The zero-order valence-electron chi connectivity index (χ0n) is 24.9. The predicted octanol–water partition coefficient (Wildman–Crippen LogP) is -0.472. The first kappa shape index (κ1) is 30.7. The maximum atomic E-state index is 12.6. The number of piperazine rings is 2. The largest absolute Gasteiger partial charge is 0.358 e. The molecule has 4 aliphatic heterocycles. The van der Waals surface area contributed by atoms with Gasteiger partial charge in [0.2, 0.25) is 11.8 Å². The van der Waals surface area contributed by atoms with Crippen LogP contribution in [0, 0.1) is 11.8 Å². The smallest absolute Gasteiger partial charge is 0.234 e. The van der Waals surface area contributed by atoms with Crippen molar-refractivity contribution in [2.24, 2.45) is 11.8 Å². The van der Waals surface area contributed by atoms with E-state index >= 15 is 0 Å². The summed E-state index contributed by atoms with van der Waals surface area (Å²) in [4.78, 5) is 38.9. The van der Waals surface area contributed by atoms with Crippen molar-refractivity contribution in [1.82, 2.24) is 40.0 Å². The SMILES string of the molecule is CNC(=O)CN1CCC(CN2CCN(CCNC(=O)CN3CCC(CCN4CCN(C)CC4)CC3)CC2)CC1. The maximum Gasteiger partial charge on any atom is 0.234 e. The molecule has 0 aliphatic carbocycles. The Balaban J connectivity index is 0.990. The van der Waals surface area contributed by atoms with Crippen molar-refractivity contribution in [2.45, 2.75) is 32.1 Å². The molecule has 4 rings (SSSR count). The molecule has 0 aromatic carbocycles. The van der Waals surface area contributed by atoms with E-state index in [9.17, 15) is 9.59 Å². The number of piperidine rings is 2. The van der Waals surface area contributed by atoms with Crippen molar-refractivity contribution in [2.75, 3.05) is 132 Å². The number of likely N-dealkylation sites (tertiary alicyclic amines) is 2. The Labute approximate surface area is 237 Å². The van der Waals surface area contributed by atoms with Gasteiger partial charge in [-0.2, -0.15) is 0 Å². The number of hydrogen-bond acceptors (Lipinski definition) is 8. The maximum absolute atomic E-state index is 12.6. The number of nitrogens with zero attached hydrogens (tertiary/aromatic N) is 6. The molecule has 4 saturated heterocycles. The Hall–Kier alpha value is -1.30. The van der Waals surface area contributed by atoms with E-state index in [4.69, 9.17) is 0 Å². The van der Waals surface area contributed by atoms with Gasteiger partial charge in [-0.1, -0.05) is 0 Å². The lowest BCUT2D eigenvalue weighted by Crippen LogP contribution is -2.51. The number of carbonyl (C=O) groups is 2. The van der Waals surface area contributed by atoms with Gasteiger partial charge in [0, 0.05) is 79.0 Å². The first-order valence-corrected chi connectivity index (χ1v) is 15.7. The first-order chi connectivity index (χ1) is 19.0. The van der Waals surface area contributed by atoms with Gasteiger partial charge in [0.05, 0.1) is 13.1 Å². The molecular formula is C29H56N8O2. The molecule has 0 atom stereocenters. The summed E-state index contributed by atoms with van der Waals surface area (Å²) in [5, 5.41) is 5.91. The topological polar surface area (TPSA) is 77.6 Å². The minimum absolute atomic E-state index is 0.119. The van der Waals surface area contributed by atoms with Gasteiger partial charge in [-0.25, -0.2) is 0 Å². The lowest BCUT2D eigenvalue weighted by molar-refractivity contribution is -0.123. The second kappa shape index (κ2) is 16.2. The third-order valence-electron chi connectivity index (χ3n) is 9.61. The fraction of sp³-hybridized carbons (Fsp3) is 0.931. The number of hydrogen-bond donors (Lipinski definition) is 2. The van der Waals surface area contributed by atoms with Crippen molar-refractivity contribution in [3.63, 3.8) is 0 Å². The van der Waals surface area contributed by atoms with Crippen LogP contribution >= 0.6 is 0 Å². The van der Waals surface area contributed by atoms with Crippen molar-refractivity contribution in [3.05, 3.63) is 0 Å². The summed E-state index contributed by atoms with van der Waals surface area (Å²) < 4.78 is 0. The van der Waals surface area contributed by atoms with Gasteiger partial charge in [0.25, 0.3) is 0 Å². The van der Waals surface area contributed by atoms with Crippen molar-refractivity contribution < 1.29 is 9.59 Å². The zero-order chi connectivity index (χ0) is 27.5. The minimum Gasteiger partial charge on any atom is -0.358 e. The van der Waals surface area contributed by atoms with Gasteiger partial charge < -0.3 is 25.3 Å². The van der Waals surface area contributed by atoms with E-state index in [0.717, 1.165) is 77.3 Å². The van der Waals surface area contributed by atoms with E-state index in [2.05, 4.69) is 47.1 Å². The standard InChI is InChI=1S/C29H56N8O2/c1-30-28(38)24-35-12-6-27(7-13-35)23-37-21-19-34(20-22-37)14-8-31-29(39)25-36-10-4-26(5-11-36)3-9-33-17-15-32(2)16-18-33/h26-27H,3-25H2,1-2H3,(H,30,38)(H,31,39). The summed E-state index contributed by atoms with van der Waals surface area (Å²) >= 11 is 0. The summed E-state index contributed by atoms with van der Waals surface area (Å²) in [5.74, 6) is 1.88. The molecule has 4 fully saturated rings. The molecule has 224 valence electrons. The lowest BCUT2D eigenvalue weighted by Gasteiger charge is -2.38. The quantitative estimate of drug-likeness (QED) is 0.339. The highest BCUT2D eigenvalue weighted by atomic mass is 16.2. The van der Waals surface area contributed by atoms with Gasteiger partial charge in [-0.3, -0.25) is 24.3 Å². The molecule has 4 aliphatic rings. The van der Waals surface area contributed by atoms with Crippen LogP contribution in [0.15, 0.2) is 0 Å². The van der Waals surface area contributed by atoms with Gasteiger partial charge in [0.15, 0.2) is 0 Å². The van der Waals surface area contributed by atoms with Gasteiger partial charge in [-0.15, -0.1) is 0 Å². The summed E-state index contributed by atoms with van der Waals surface area (Å²) in [6.07, 6.45) is 6.17. The Morgan fingerprint density at radius 2 is 1.13 bits per heavy atom. The summed E-state index contributed by atoms with van der Waals surface area (Å²) in [7, 11) is 3.93. The number of rotatable bonds is 12. The van der Waals surface area contributed by atoms with E-state index in [1.165, 1.54) is 71.4 Å². The minimum atomic E-state index is 0.119. The molecule has 0 saturated carbocycles. The molecular weight excluding hydrogens is 492 g/mol. The Morgan fingerprint density at radius 1 is 0.615 bits per heavy atom. The van der Waals surface area contributed by atoms with Crippen molar-refractivity contribution >= 4 is 11.8 Å². The third-order valence-corrected chi connectivity index (χ3v) is 9.61. The number of carbonyl (C=O) groups excluding carboxylic acids is 2. The molecule has 0 aromatic heterocycles. The Kier molecular flexibility index (Phi) is 12.7. The van der Waals surface area contributed by atoms with Crippen LogP contribution in [0.2, 0.25) is 0 Å². The Morgan fingerprint density at radius 3 is 1.74 bits per heavy atom. The molecule has 2 N–H and O–H groups in total. The highest BCUT2D eigenvalue weighted by Crippen LogP contribution is 2.21. The molecule has 0 radical (unpaired) electrons. The van der Waals surface area contributed by atoms with Crippen molar-refractivity contribution in [3.8, 4) is 0 Å². The van der Waals surface area contributed by atoms with E-state index in [0.29, 0.717) is 13.1 Å². The highest BCUT2D eigenvalue weighted by molar-refractivity contribution is 5.78. The fourth-order valence-electron chi connectivity index (χ4n) is 6.65. The van der Waals surface area contributed by atoms with E-state index in [-0.39, 0.29) is 11.8 Å². The van der Waals surface area contributed by atoms with Crippen LogP contribution in [0.25, 0.3) is 0 Å². The summed E-state index contributed by atoms with van der Waals surface area (Å²) in [5.41, 5.74) is 0. The summed E-state index contributed by atoms with van der Waals surface area (Å²) in [6, 6.07) is 0. The third kappa shape index (κ3) is 10.9. The normalized spacial score (nSPS) is 24.7. The lowest BCUT2D eigenvalue weighted by atomic mass is 9.93. The average Bonchev–Trinajstić information content (AvgIpc) is 2.95. The van der Waals surface area contributed by atoms with Gasteiger partial charge in [-0.05, 0) is 83.7 Å². The second-order valence-electron chi connectivity index (χ2n) is 12.5. The molecule has 0 unspecified atom stereocenters. The molecule has 2 amide bonds. The number of nitrogens with one attached hydrogen (secondary N) is 2. The predicted molar refractivity (Wildman–Crippen MR) is 157 cm³/mol. The van der Waals surface area contributed by atoms with E-state index < -0.39 is 0 Å². The number of amides is 2. The fourth-order valence-corrected chi connectivity index (χ4v) is 6.65. The van der Waals surface area contributed by atoms with E-state index in [1.807, 2.05) is 0 Å². The van der Waals surface area contributed by atoms with Crippen LogP contribution in [-0.4, -0.2) is 173 Å². The number of likely N-dealkylation sites (N-methyl/N-ethyl adjacent to an activating group) is 2. The van der Waals surface area contributed by atoms with Crippen molar-refractivity contribution in [1.29, 1.82) is 0 Å². The molecule has 39 heavy (non-hydrogen) atoms. The monoisotopic (exact) mass is 548 g/mol. The van der Waals surface area contributed by atoms with Gasteiger partial charge >= 0.3 is 0 Å². The Bertz CT molecular complexity index is 723. The molecule has 0 aromatic rings. The average molecular weight is 549 g/mol. The zero-order valence-corrected chi connectivity index (χ0v) is 24.9. The van der Waals surface area contributed by atoms with Crippen LogP contribution in [0.4, 0.5) is 0 Å². The van der Waals surface area contributed by atoms with Crippen LogP contribution in [0.1, 0.15) is 32.1 Å².